The van der Waals surface area contributed by atoms with Crippen molar-refractivity contribution in [2.45, 2.75) is 25.7 Å². The molecule has 142 valence electrons. The maximum Gasteiger partial charge on any atom is 0.264 e. The van der Waals surface area contributed by atoms with Crippen LogP contribution in [0.2, 0.25) is 0 Å². The van der Waals surface area contributed by atoms with Crippen LogP contribution in [0.5, 0.6) is 5.75 Å². The summed E-state index contributed by atoms with van der Waals surface area (Å²) >= 11 is 0. The Balaban J connectivity index is 0.00000243. The van der Waals surface area contributed by atoms with E-state index < -0.39 is 11.7 Å². The largest absolute Gasteiger partial charge is 0.481 e. The van der Waals surface area contributed by atoms with E-state index >= 15 is 0 Å². The lowest BCUT2D eigenvalue weighted by molar-refractivity contribution is -0.118. The Bertz CT molecular complexity index is 762. The summed E-state index contributed by atoms with van der Waals surface area (Å²) < 4.78 is 20.4. The minimum atomic E-state index is -0.495. The predicted molar refractivity (Wildman–Crippen MR) is 98.4 cm³/mol. The van der Waals surface area contributed by atoms with Gasteiger partial charge in [-0.25, -0.2) is 9.07 Å². The Morgan fingerprint density at radius 3 is 2.88 bits per heavy atom. The zero-order valence-corrected chi connectivity index (χ0v) is 15.6. The second-order valence-electron chi connectivity index (χ2n) is 6.21. The topological polar surface area (TPSA) is 81.1 Å². The highest BCUT2D eigenvalue weighted by molar-refractivity contribution is 5.90. The molecule has 1 fully saturated rings. The highest BCUT2D eigenvalue weighted by Crippen LogP contribution is 2.23. The van der Waals surface area contributed by atoms with Crippen molar-refractivity contribution >= 4 is 24.3 Å². The number of carbonyl (C=O) groups excluding carboxylic acids is 1. The van der Waals surface area contributed by atoms with Crippen molar-refractivity contribution in [3.05, 3.63) is 35.4 Å². The summed E-state index contributed by atoms with van der Waals surface area (Å²) in [6.07, 6.45) is 1.96. The van der Waals surface area contributed by atoms with E-state index in [9.17, 15) is 9.18 Å². The number of aromatic nitrogens is 3. The molecule has 0 radical (unpaired) electrons. The summed E-state index contributed by atoms with van der Waals surface area (Å²) in [6, 6.07) is 4.51. The van der Waals surface area contributed by atoms with Gasteiger partial charge < -0.3 is 10.1 Å². The van der Waals surface area contributed by atoms with E-state index in [1.54, 1.807) is 23.9 Å². The third kappa shape index (κ3) is 4.92. The highest BCUT2D eigenvalue weighted by atomic mass is 35.5. The zero-order valence-electron chi connectivity index (χ0n) is 14.8. The van der Waals surface area contributed by atoms with Crippen LogP contribution < -0.4 is 15.4 Å². The van der Waals surface area contributed by atoms with E-state index in [1.807, 2.05) is 6.92 Å². The van der Waals surface area contributed by atoms with Gasteiger partial charge in [-0.3, -0.25) is 10.1 Å². The van der Waals surface area contributed by atoms with Gasteiger partial charge in [-0.1, -0.05) is 6.07 Å². The Labute approximate surface area is 157 Å². The fourth-order valence-corrected chi connectivity index (χ4v) is 2.79. The van der Waals surface area contributed by atoms with Gasteiger partial charge in [0.2, 0.25) is 5.95 Å². The molecule has 1 aliphatic heterocycles. The number of piperidine rings is 1. The molecule has 0 unspecified atom stereocenters. The molecule has 1 aliphatic rings. The first-order valence-electron chi connectivity index (χ1n) is 8.33. The Morgan fingerprint density at radius 1 is 1.42 bits per heavy atom. The standard InChI is InChI=1S/C17H22FN5O2.ClH/c1-11-3-4-13(18)14(9-11)25-10-15(24)20-17-21-16(22-23(17)2)12-5-7-19-8-6-12;/h3-4,9,12,19H,5-8,10H2,1-2H3,(H,20,21,22,24);1H. The van der Waals surface area contributed by atoms with Crippen LogP contribution in [0.15, 0.2) is 18.2 Å². The van der Waals surface area contributed by atoms with Crippen molar-refractivity contribution in [1.29, 1.82) is 0 Å². The average molecular weight is 384 g/mol. The van der Waals surface area contributed by atoms with Crippen LogP contribution in [-0.2, 0) is 11.8 Å². The monoisotopic (exact) mass is 383 g/mol. The number of halogens is 2. The fraction of sp³-hybridized carbons (Fsp3) is 0.471. The number of nitrogens with one attached hydrogen (secondary N) is 2. The number of rotatable bonds is 5. The minimum Gasteiger partial charge on any atom is -0.481 e. The number of amides is 1. The molecule has 0 spiro atoms. The van der Waals surface area contributed by atoms with E-state index in [-0.39, 0.29) is 24.8 Å². The van der Waals surface area contributed by atoms with E-state index in [0.29, 0.717) is 11.9 Å². The number of nitrogens with zero attached hydrogens (tertiary/aromatic N) is 3. The summed E-state index contributed by atoms with van der Waals surface area (Å²) in [5.74, 6) is 0.564. The number of carbonyl (C=O) groups is 1. The first-order chi connectivity index (χ1) is 12.0. The van der Waals surface area contributed by atoms with Gasteiger partial charge in [-0.2, -0.15) is 10.1 Å². The zero-order chi connectivity index (χ0) is 17.8. The van der Waals surface area contributed by atoms with Gasteiger partial charge in [0.15, 0.2) is 24.0 Å². The number of aryl methyl sites for hydroxylation is 2. The molecule has 0 bridgehead atoms. The van der Waals surface area contributed by atoms with Gasteiger partial charge in [0.25, 0.3) is 5.91 Å². The van der Waals surface area contributed by atoms with Gasteiger partial charge in [0.1, 0.15) is 0 Å². The molecule has 0 aliphatic carbocycles. The summed E-state index contributed by atoms with van der Waals surface area (Å²) in [4.78, 5) is 16.5. The second kappa shape index (κ2) is 8.95. The quantitative estimate of drug-likeness (QED) is 0.827. The lowest BCUT2D eigenvalue weighted by Gasteiger charge is -2.19. The maximum atomic E-state index is 13.6. The van der Waals surface area contributed by atoms with Crippen molar-refractivity contribution in [1.82, 2.24) is 20.1 Å². The molecule has 2 aromatic rings. The van der Waals surface area contributed by atoms with Gasteiger partial charge in [-0.15, -0.1) is 12.4 Å². The third-order valence-corrected chi connectivity index (χ3v) is 4.18. The number of benzene rings is 1. The Hall–Kier alpha value is -2.19. The van der Waals surface area contributed by atoms with Gasteiger partial charge in [0.05, 0.1) is 0 Å². The Kier molecular flexibility index (Phi) is 6.93. The lowest BCUT2D eigenvalue weighted by Crippen LogP contribution is -2.27. The van der Waals surface area contributed by atoms with Gasteiger partial charge in [0, 0.05) is 13.0 Å². The van der Waals surface area contributed by atoms with E-state index in [2.05, 4.69) is 20.7 Å². The SMILES string of the molecule is Cc1ccc(F)c(OCC(=O)Nc2nc(C3CCNCC3)nn2C)c1.Cl. The van der Waals surface area contributed by atoms with E-state index in [4.69, 9.17) is 4.74 Å². The molecular formula is C17H23ClFN5O2. The highest BCUT2D eigenvalue weighted by Gasteiger charge is 2.21. The van der Waals surface area contributed by atoms with Gasteiger partial charge >= 0.3 is 0 Å². The maximum absolute atomic E-state index is 13.6. The molecule has 0 atom stereocenters. The first kappa shape index (κ1) is 20.1. The molecule has 1 aromatic carbocycles. The van der Waals surface area contributed by atoms with Crippen molar-refractivity contribution in [3.63, 3.8) is 0 Å². The van der Waals surface area contributed by atoms with Crippen molar-refractivity contribution in [2.24, 2.45) is 7.05 Å². The molecule has 1 aromatic heterocycles. The van der Waals surface area contributed by atoms with Crippen molar-refractivity contribution in [2.75, 3.05) is 25.0 Å². The predicted octanol–water partition coefficient (Wildman–Crippen LogP) is 2.17. The smallest absolute Gasteiger partial charge is 0.264 e. The average Bonchev–Trinajstić information content (AvgIpc) is 2.97. The van der Waals surface area contributed by atoms with E-state index in [1.165, 1.54) is 6.07 Å². The van der Waals surface area contributed by atoms with Crippen LogP contribution in [0.25, 0.3) is 0 Å². The summed E-state index contributed by atoms with van der Waals surface area (Å²) in [5.41, 5.74) is 0.858. The normalized spacial score (nSPS) is 14.6. The summed E-state index contributed by atoms with van der Waals surface area (Å²) in [6.45, 7) is 3.42. The fourth-order valence-electron chi connectivity index (χ4n) is 2.79. The summed E-state index contributed by atoms with van der Waals surface area (Å²) in [5, 5.41) is 10.4. The lowest BCUT2D eigenvalue weighted by atomic mass is 9.98. The van der Waals surface area contributed by atoms with Crippen LogP contribution >= 0.6 is 12.4 Å². The van der Waals surface area contributed by atoms with Gasteiger partial charge in [-0.05, 0) is 50.6 Å². The number of ether oxygens (including phenoxy) is 1. The number of hydrogen-bond acceptors (Lipinski definition) is 5. The molecule has 2 heterocycles. The van der Waals surface area contributed by atoms with Crippen LogP contribution in [-0.4, -0.2) is 40.4 Å². The first-order valence-corrected chi connectivity index (χ1v) is 8.33. The van der Waals surface area contributed by atoms with E-state index in [0.717, 1.165) is 37.3 Å². The molecular weight excluding hydrogens is 361 g/mol. The Morgan fingerprint density at radius 2 is 2.15 bits per heavy atom. The summed E-state index contributed by atoms with van der Waals surface area (Å²) in [7, 11) is 1.73. The molecule has 0 saturated carbocycles. The molecule has 9 heteroatoms. The minimum absolute atomic E-state index is 0. The van der Waals surface area contributed by atoms with Crippen LogP contribution in [0.4, 0.5) is 10.3 Å². The number of hydrogen-bond donors (Lipinski definition) is 2. The van der Waals surface area contributed by atoms with Crippen LogP contribution in [0.3, 0.4) is 0 Å². The second-order valence-corrected chi connectivity index (χ2v) is 6.21. The molecule has 26 heavy (non-hydrogen) atoms. The molecule has 2 N–H and O–H groups in total. The number of anilines is 1. The van der Waals surface area contributed by atoms with Crippen LogP contribution in [0.1, 0.15) is 30.1 Å². The third-order valence-electron chi connectivity index (χ3n) is 4.18. The molecule has 3 rings (SSSR count). The van der Waals surface area contributed by atoms with Crippen molar-refractivity contribution < 1.29 is 13.9 Å². The van der Waals surface area contributed by atoms with Crippen LogP contribution in [0, 0.1) is 12.7 Å². The molecule has 7 nitrogen and oxygen atoms in total. The van der Waals surface area contributed by atoms with Crippen molar-refractivity contribution in [3.8, 4) is 5.75 Å². The molecule has 1 amide bonds. The molecule has 1 saturated heterocycles.